The SMILES string of the molecule is Cc1cc(C2=C[C@H]2C)cccc1=O. The van der Waals surface area contributed by atoms with Crippen LogP contribution >= 0.6 is 0 Å². The summed E-state index contributed by atoms with van der Waals surface area (Å²) in [7, 11) is 0. The Morgan fingerprint density at radius 2 is 2.00 bits per heavy atom. The van der Waals surface area contributed by atoms with Crippen molar-refractivity contribution < 1.29 is 0 Å². The highest BCUT2D eigenvalue weighted by Crippen LogP contribution is 2.37. The first-order chi connectivity index (χ1) is 6.18. The van der Waals surface area contributed by atoms with Crippen molar-refractivity contribution in [1.29, 1.82) is 0 Å². The Hall–Kier alpha value is -1.37. The molecule has 66 valence electrons. The predicted octanol–water partition coefficient (Wildman–Crippen LogP) is 2.39. The summed E-state index contributed by atoms with van der Waals surface area (Å²) in [5.74, 6) is 0.594. The molecule has 1 atom stereocenters. The summed E-state index contributed by atoms with van der Waals surface area (Å²) in [4.78, 5) is 11.3. The van der Waals surface area contributed by atoms with Gasteiger partial charge in [-0.2, -0.15) is 0 Å². The van der Waals surface area contributed by atoms with E-state index in [0.29, 0.717) is 5.92 Å². The van der Waals surface area contributed by atoms with Gasteiger partial charge in [0.15, 0.2) is 5.43 Å². The van der Waals surface area contributed by atoms with Gasteiger partial charge in [0.1, 0.15) is 0 Å². The molecule has 2 rings (SSSR count). The van der Waals surface area contributed by atoms with E-state index in [0.717, 1.165) is 5.56 Å². The van der Waals surface area contributed by atoms with Gasteiger partial charge in [-0.15, -0.1) is 0 Å². The van der Waals surface area contributed by atoms with Gasteiger partial charge in [0, 0.05) is 0 Å². The maximum atomic E-state index is 11.3. The molecular formula is C12H12O. The molecule has 0 saturated heterocycles. The zero-order valence-electron chi connectivity index (χ0n) is 7.87. The second-order valence-corrected chi connectivity index (χ2v) is 3.58. The molecule has 0 aromatic heterocycles. The number of rotatable bonds is 1. The first kappa shape index (κ1) is 8.24. The Bertz CT molecular complexity index is 429. The van der Waals surface area contributed by atoms with E-state index in [2.05, 4.69) is 13.0 Å². The molecule has 0 unspecified atom stereocenters. The largest absolute Gasteiger partial charge is 0.290 e. The second-order valence-electron chi connectivity index (χ2n) is 3.58. The Morgan fingerprint density at radius 1 is 1.31 bits per heavy atom. The van der Waals surface area contributed by atoms with Crippen LogP contribution in [-0.4, -0.2) is 0 Å². The molecule has 1 aromatic rings. The van der Waals surface area contributed by atoms with Crippen LogP contribution in [0, 0.1) is 12.8 Å². The molecule has 13 heavy (non-hydrogen) atoms. The zero-order valence-corrected chi connectivity index (χ0v) is 7.87. The van der Waals surface area contributed by atoms with E-state index in [9.17, 15) is 4.79 Å². The van der Waals surface area contributed by atoms with E-state index in [1.807, 2.05) is 25.1 Å². The molecule has 0 saturated carbocycles. The van der Waals surface area contributed by atoms with E-state index < -0.39 is 0 Å². The highest BCUT2D eigenvalue weighted by atomic mass is 16.1. The van der Waals surface area contributed by atoms with Crippen LogP contribution in [0.5, 0.6) is 0 Å². The van der Waals surface area contributed by atoms with Crippen LogP contribution < -0.4 is 5.43 Å². The normalized spacial score (nSPS) is 19.5. The van der Waals surface area contributed by atoms with Gasteiger partial charge in [-0.1, -0.05) is 25.1 Å². The van der Waals surface area contributed by atoms with Crippen molar-refractivity contribution >= 4 is 5.57 Å². The monoisotopic (exact) mass is 172 g/mol. The molecule has 1 aliphatic carbocycles. The van der Waals surface area contributed by atoms with Crippen molar-refractivity contribution in [3.63, 3.8) is 0 Å². The lowest BCUT2D eigenvalue weighted by molar-refractivity contribution is 1.10. The summed E-state index contributed by atoms with van der Waals surface area (Å²) in [6.45, 7) is 4.02. The standard InChI is InChI=1S/C12H12O/c1-8-7-11(8)10-4-3-5-12(13)9(2)6-10/h3-8H,1-2H3/t8-/m1/s1. The molecule has 0 heterocycles. The maximum absolute atomic E-state index is 11.3. The Morgan fingerprint density at radius 3 is 2.62 bits per heavy atom. The van der Waals surface area contributed by atoms with Gasteiger partial charge in [-0.3, -0.25) is 4.79 Å². The third-order valence-corrected chi connectivity index (χ3v) is 2.43. The molecule has 0 spiro atoms. The minimum absolute atomic E-state index is 0.111. The quantitative estimate of drug-likeness (QED) is 0.635. The fourth-order valence-corrected chi connectivity index (χ4v) is 1.48. The van der Waals surface area contributed by atoms with Gasteiger partial charge in [-0.25, -0.2) is 0 Å². The highest BCUT2D eigenvalue weighted by Gasteiger charge is 2.20. The molecule has 0 radical (unpaired) electrons. The van der Waals surface area contributed by atoms with Crippen LogP contribution in [0.2, 0.25) is 0 Å². The average Bonchev–Trinajstić information content (AvgIpc) is 2.80. The lowest BCUT2D eigenvalue weighted by Gasteiger charge is -1.91. The van der Waals surface area contributed by atoms with Gasteiger partial charge in [-0.05, 0) is 41.7 Å². The maximum Gasteiger partial charge on any atom is 0.181 e. The van der Waals surface area contributed by atoms with Crippen LogP contribution in [0.25, 0.3) is 5.57 Å². The van der Waals surface area contributed by atoms with E-state index in [-0.39, 0.29) is 5.43 Å². The molecule has 0 aliphatic heterocycles. The van der Waals surface area contributed by atoms with Crippen molar-refractivity contribution in [2.45, 2.75) is 13.8 Å². The van der Waals surface area contributed by atoms with Gasteiger partial charge in [0.25, 0.3) is 0 Å². The molecule has 0 amide bonds. The van der Waals surface area contributed by atoms with Crippen LogP contribution in [0.1, 0.15) is 18.1 Å². The highest BCUT2D eigenvalue weighted by molar-refractivity contribution is 5.79. The van der Waals surface area contributed by atoms with Gasteiger partial charge >= 0.3 is 0 Å². The van der Waals surface area contributed by atoms with Crippen molar-refractivity contribution in [2.75, 3.05) is 0 Å². The molecule has 0 bridgehead atoms. The Labute approximate surface area is 77.7 Å². The minimum atomic E-state index is 0.111. The van der Waals surface area contributed by atoms with Crippen LogP contribution in [-0.2, 0) is 0 Å². The van der Waals surface area contributed by atoms with Crippen molar-refractivity contribution in [3.05, 3.63) is 51.7 Å². The fourth-order valence-electron chi connectivity index (χ4n) is 1.48. The average molecular weight is 172 g/mol. The van der Waals surface area contributed by atoms with Crippen LogP contribution in [0.15, 0.2) is 35.1 Å². The fraction of sp³-hybridized carbons (Fsp3) is 0.250. The number of aryl methyl sites for hydroxylation is 1. The number of hydrogen-bond donors (Lipinski definition) is 0. The predicted molar refractivity (Wildman–Crippen MR) is 54.6 cm³/mol. The Kier molecular flexibility index (Phi) is 1.80. The van der Waals surface area contributed by atoms with E-state index in [4.69, 9.17) is 0 Å². The first-order valence-corrected chi connectivity index (χ1v) is 4.51. The molecule has 1 aromatic carbocycles. The summed E-state index contributed by atoms with van der Waals surface area (Å²) in [6.07, 6.45) is 2.21. The van der Waals surface area contributed by atoms with Crippen molar-refractivity contribution in [2.24, 2.45) is 5.92 Å². The summed E-state index contributed by atoms with van der Waals surface area (Å²) in [5, 5.41) is 0. The van der Waals surface area contributed by atoms with Crippen LogP contribution in [0.4, 0.5) is 0 Å². The number of hydrogen-bond acceptors (Lipinski definition) is 1. The Balaban J connectivity index is 2.51. The van der Waals surface area contributed by atoms with E-state index in [1.165, 1.54) is 11.1 Å². The zero-order chi connectivity index (χ0) is 9.42. The van der Waals surface area contributed by atoms with E-state index >= 15 is 0 Å². The molecular weight excluding hydrogens is 160 g/mol. The molecule has 1 heteroatoms. The van der Waals surface area contributed by atoms with Crippen molar-refractivity contribution in [3.8, 4) is 0 Å². The second kappa shape index (κ2) is 2.84. The summed E-state index contributed by atoms with van der Waals surface area (Å²) in [6, 6.07) is 7.42. The topological polar surface area (TPSA) is 17.1 Å². The minimum Gasteiger partial charge on any atom is -0.290 e. The smallest absolute Gasteiger partial charge is 0.181 e. The summed E-state index contributed by atoms with van der Waals surface area (Å²) in [5.41, 5.74) is 3.48. The van der Waals surface area contributed by atoms with Gasteiger partial charge in [0.05, 0.1) is 0 Å². The lowest BCUT2D eigenvalue weighted by atomic mass is 10.1. The van der Waals surface area contributed by atoms with Crippen LogP contribution in [0.3, 0.4) is 0 Å². The summed E-state index contributed by atoms with van der Waals surface area (Å²) >= 11 is 0. The van der Waals surface area contributed by atoms with Gasteiger partial charge in [0.2, 0.25) is 0 Å². The molecule has 0 N–H and O–H groups in total. The molecule has 1 nitrogen and oxygen atoms in total. The molecule has 0 fully saturated rings. The summed E-state index contributed by atoms with van der Waals surface area (Å²) < 4.78 is 0. The van der Waals surface area contributed by atoms with E-state index in [1.54, 1.807) is 6.07 Å². The number of allylic oxidation sites excluding steroid dienone is 2. The third-order valence-electron chi connectivity index (χ3n) is 2.43. The molecule has 1 aliphatic rings. The third kappa shape index (κ3) is 1.55. The first-order valence-electron chi connectivity index (χ1n) is 4.51. The van der Waals surface area contributed by atoms with Gasteiger partial charge < -0.3 is 0 Å². The lowest BCUT2D eigenvalue weighted by Crippen LogP contribution is -1.97. The van der Waals surface area contributed by atoms with Crippen molar-refractivity contribution in [1.82, 2.24) is 0 Å².